The van der Waals surface area contributed by atoms with Gasteiger partial charge in [-0.2, -0.15) is 0 Å². The third kappa shape index (κ3) is 4.25. The minimum atomic E-state index is 0.558. The van der Waals surface area contributed by atoms with Crippen LogP contribution in [0.15, 0.2) is 76.1 Å². The zero-order valence-corrected chi connectivity index (χ0v) is 18.5. The third-order valence-corrected chi connectivity index (χ3v) is 5.02. The molecule has 0 bridgehead atoms. The lowest BCUT2D eigenvalue weighted by Gasteiger charge is -2.11. The monoisotopic (exact) mass is 431 g/mol. The molecule has 0 amide bonds. The molecule has 0 saturated heterocycles. The van der Waals surface area contributed by atoms with Crippen molar-refractivity contribution in [2.24, 2.45) is 4.99 Å². The fourth-order valence-electron chi connectivity index (χ4n) is 3.46. The molecule has 3 aromatic carbocycles. The van der Waals surface area contributed by atoms with E-state index in [1.165, 1.54) is 0 Å². The van der Waals surface area contributed by atoms with Crippen LogP contribution in [-0.4, -0.2) is 27.9 Å². The lowest BCUT2D eigenvalue weighted by atomic mass is 10.1. The van der Waals surface area contributed by atoms with Gasteiger partial charge in [0.25, 0.3) is 0 Å². The van der Waals surface area contributed by atoms with Crippen LogP contribution in [0.5, 0.6) is 23.0 Å². The van der Waals surface area contributed by atoms with Gasteiger partial charge in [0, 0.05) is 17.0 Å². The van der Waals surface area contributed by atoms with E-state index in [1.54, 1.807) is 21.3 Å². The summed E-state index contributed by atoms with van der Waals surface area (Å²) >= 11 is 0. The minimum absolute atomic E-state index is 0.558. The quantitative estimate of drug-likeness (QED) is 0.372. The van der Waals surface area contributed by atoms with E-state index in [1.807, 2.05) is 73.7 Å². The Morgan fingerprint density at radius 2 is 1.59 bits per heavy atom. The summed E-state index contributed by atoms with van der Waals surface area (Å²) in [4.78, 5) is 4.93. The van der Waals surface area contributed by atoms with Gasteiger partial charge < -0.3 is 23.4 Å². The highest BCUT2D eigenvalue weighted by Crippen LogP contribution is 2.33. The second kappa shape index (κ2) is 9.47. The third-order valence-electron chi connectivity index (χ3n) is 5.02. The highest BCUT2D eigenvalue weighted by Gasteiger charge is 2.12. The van der Waals surface area contributed by atoms with Crippen molar-refractivity contribution in [2.45, 2.75) is 6.92 Å². The Labute approximate surface area is 186 Å². The van der Waals surface area contributed by atoms with E-state index >= 15 is 0 Å². The zero-order chi connectivity index (χ0) is 22.5. The Kier molecular flexibility index (Phi) is 6.31. The largest absolute Gasteiger partial charge is 0.497 e. The average molecular weight is 431 g/mol. The maximum Gasteiger partial charge on any atom is 0.161 e. The summed E-state index contributed by atoms with van der Waals surface area (Å²) in [5, 5.41) is 1.57. The molecule has 32 heavy (non-hydrogen) atoms. The summed E-state index contributed by atoms with van der Waals surface area (Å²) in [7, 11) is 4.85. The number of benzene rings is 3. The van der Waals surface area contributed by atoms with Gasteiger partial charge in [-0.1, -0.05) is 12.1 Å². The van der Waals surface area contributed by atoms with Gasteiger partial charge in [0.15, 0.2) is 11.5 Å². The molecule has 0 aliphatic carbocycles. The molecule has 0 aliphatic rings. The number of hydrogen-bond acceptors (Lipinski definition) is 6. The molecule has 6 nitrogen and oxygen atoms in total. The SMILES string of the molecule is CCOc1ccccc1N=c1cc(-c2ccc(OC)c(OC)c2)oc2ccc(OC)cc12. The Bertz CT molecular complexity index is 1310. The lowest BCUT2D eigenvalue weighted by Crippen LogP contribution is -2.04. The number of rotatable bonds is 7. The number of fused-ring (bicyclic) bond motifs is 1. The first-order valence-electron chi connectivity index (χ1n) is 10.3. The van der Waals surface area contributed by atoms with Crippen molar-refractivity contribution in [3.8, 4) is 34.3 Å². The first-order chi connectivity index (χ1) is 15.7. The van der Waals surface area contributed by atoms with E-state index in [0.29, 0.717) is 29.4 Å². The van der Waals surface area contributed by atoms with Crippen molar-refractivity contribution in [2.75, 3.05) is 27.9 Å². The van der Waals surface area contributed by atoms with Crippen LogP contribution in [0.25, 0.3) is 22.3 Å². The highest BCUT2D eigenvalue weighted by molar-refractivity contribution is 5.80. The molecule has 0 N–H and O–H groups in total. The molecule has 0 saturated carbocycles. The molecular formula is C26H25NO5. The van der Waals surface area contributed by atoms with Crippen LogP contribution in [-0.2, 0) is 0 Å². The second-order valence-electron chi connectivity index (χ2n) is 6.94. The molecule has 164 valence electrons. The zero-order valence-electron chi connectivity index (χ0n) is 18.5. The van der Waals surface area contributed by atoms with Gasteiger partial charge >= 0.3 is 0 Å². The first kappa shape index (κ1) is 21.3. The molecule has 4 rings (SSSR count). The lowest BCUT2D eigenvalue weighted by molar-refractivity contribution is 0.341. The number of nitrogens with zero attached hydrogens (tertiary/aromatic N) is 1. The van der Waals surface area contributed by atoms with E-state index in [0.717, 1.165) is 33.5 Å². The van der Waals surface area contributed by atoms with Crippen LogP contribution in [0.2, 0.25) is 0 Å². The number of ether oxygens (including phenoxy) is 4. The van der Waals surface area contributed by atoms with Gasteiger partial charge in [-0.05, 0) is 55.5 Å². The van der Waals surface area contributed by atoms with Gasteiger partial charge in [0.1, 0.15) is 28.5 Å². The van der Waals surface area contributed by atoms with Crippen molar-refractivity contribution in [3.63, 3.8) is 0 Å². The summed E-state index contributed by atoms with van der Waals surface area (Å²) in [5.41, 5.74) is 2.27. The van der Waals surface area contributed by atoms with Gasteiger partial charge in [-0.3, -0.25) is 0 Å². The molecule has 4 aromatic rings. The Morgan fingerprint density at radius 1 is 0.781 bits per heavy atom. The summed E-state index contributed by atoms with van der Waals surface area (Å²) in [6.07, 6.45) is 0. The van der Waals surface area contributed by atoms with Gasteiger partial charge in [0.2, 0.25) is 0 Å². The molecule has 6 heteroatoms. The smallest absolute Gasteiger partial charge is 0.161 e. The van der Waals surface area contributed by atoms with E-state index in [9.17, 15) is 0 Å². The van der Waals surface area contributed by atoms with E-state index in [-0.39, 0.29) is 0 Å². The predicted octanol–water partition coefficient (Wildman–Crippen LogP) is 5.76. The second-order valence-corrected chi connectivity index (χ2v) is 6.94. The van der Waals surface area contributed by atoms with Crippen molar-refractivity contribution >= 4 is 16.7 Å². The first-order valence-corrected chi connectivity index (χ1v) is 10.3. The minimum Gasteiger partial charge on any atom is -0.497 e. The molecule has 0 fully saturated rings. The van der Waals surface area contributed by atoms with Crippen LogP contribution in [0.3, 0.4) is 0 Å². The average Bonchev–Trinajstić information content (AvgIpc) is 2.84. The summed E-state index contributed by atoms with van der Waals surface area (Å²) < 4.78 is 28.2. The van der Waals surface area contributed by atoms with Crippen molar-refractivity contribution in [1.29, 1.82) is 0 Å². The molecule has 1 heterocycles. The maximum atomic E-state index is 6.23. The van der Waals surface area contributed by atoms with Crippen molar-refractivity contribution in [3.05, 3.63) is 72.1 Å². The Balaban J connectivity index is 1.97. The van der Waals surface area contributed by atoms with Gasteiger partial charge in [-0.25, -0.2) is 4.99 Å². The Hall–Kier alpha value is -3.93. The van der Waals surface area contributed by atoms with Crippen LogP contribution in [0.4, 0.5) is 5.69 Å². The van der Waals surface area contributed by atoms with Gasteiger partial charge in [0.05, 0.1) is 33.3 Å². The molecular weight excluding hydrogens is 406 g/mol. The molecule has 0 radical (unpaired) electrons. The predicted molar refractivity (Wildman–Crippen MR) is 124 cm³/mol. The topological polar surface area (TPSA) is 62.4 Å². The van der Waals surface area contributed by atoms with Crippen LogP contribution < -0.4 is 24.3 Å². The van der Waals surface area contributed by atoms with Crippen LogP contribution >= 0.6 is 0 Å². The molecule has 1 aromatic heterocycles. The van der Waals surface area contributed by atoms with Crippen molar-refractivity contribution in [1.82, 2.24) is 0 Å². The number of methoxy groups -OCH3 is 3. The molecule has 0 aliphatic heterocycles. The summed E-state index contributed by atoms with van der Waals surface area (Å²) in [6.45, 7) is 2.51. The normalized spacial score (nSPS) is 11.4. The summed E-state index contributed by atoms with van der Waals surface area (Å²) in [5.74, 6) is 3.37. The maximum absolute atomic E-state index is 6.23. The summed E-state index contributed by atoms with van der Waals surface area (Å²) in [6, 6.07) is 20.9. The van der Waals surface area contributed by atoms with Gasteiger partial charge in [-0.15, -0.1) is 0 Å². The van der Waals surface area contributed by atoms with E-state index in [4.69, 9.17) is 28.4 Å². The Morgan fingerprint density at radius 3 is 2.34 bits per heavy atom. The highest BCUT2D eigenvalue weighted by atomic mass is 16.5. The number of hydrogen-bond donors (Lipinski definition) is 0. The molecule has 0 atom stereocenters. The van der Waals surface area contributed by atoms with Crippen LogP contribution in [0.1, 0.15) is 6.92 Å². The fraction of sp³-hybridized carbons (Fsp3) is 0.192. The van der Waals surface area contributed by atoms with E-state index in [2.05, 4.69) is 0 Å². The molecule has 0 unspecified atom stereocenters. The fourth-order valence-corrected chi connectivity index (χ4v) is 3.46. The van der Waals surface area contributed by atoms with Crippen LogP contribution in [0, 0.1) is 0 Å². The van der Waals surface area contributed by atoms with E-state index < -0.39 is 0 Å². The number of para-hydroxylation sites is 2. The standard InChI is InChI=1S/C26H25NO5/c1-5-31-23-9-7-6-8-20(23)27-21-16-25(17-10-12-24(29-3)26(14-17)30-4)32-22-13-11-18(28-2)15-19(21)22/h6-16H,5H2,1-4H3. The molecule has 0 spiro atoms. The van der Waals surface area contributed by atoms with Crippen molar-refractivity contribution < 1.29 is 23.4 Å².